The number of hydrogen-bond donors (Lipinski definition) is 2. The summed E-state index contributed by atoms with van der Waals surface area (Å²) >= 11 is 7.25. The lowest BCUT2D eigenvalue weighted by Gasteiger charge is -2.25. The topological polar surface area (TPSA) is 68.2 Å². The Morgan fingerprint density at radius 1 is 1.32 bits per heavy atom. The van der Waals surface area contributed by atoms with Crippen molar-refractivity contribution in [3.63, 3.8) is 0 Å². The minimum atomic E-state index is -1.35. The number of nitrogen functional groups attached to an aromatic ring is 1. The average Bonchev–Trinajstić information content (AvgIpc) is 2.69. The van der Waals surface area contributed by atoms with Gasteiger partial charge < -0.3 is 10.8 Å². The molecular weight excluding hydrogens is 284 g/mol. The van der Waals surface area contributed by atoms with Gasteiger partial charge in [-0.1, -0.05) is 23.7 Å². The van der Waals surface area contributed by atoms with E-state index in [1.165, 1.54) is 22.4 Å². The largest absolute Gasteiger partial charge is 0.398 e. The van der Waals surface area contributed by atoms with Crippen molar-refractivity contribution in [1.29, 1.82) is 0 Å². The molecule has 1 aliphatic rings. The number of rotatable bonds is 1. The number of aliphatic hydroxyl groups is 1. The predicted molar refractivity (Wildman–Crippen MR) is 76.6 cm³/mol. The van der Waals surface area contributed by atoms with Gasteiger partial charge in [0, 0.05) is 22.3 Å². The molecule has 2 heterocycles. The lowest BCUT2D eigenvalue weighted by molar-refractivity contribution is 0.0254. The summed E-state index contributed by atoms with van der Waals surface area (Å²) in [5.41, 5.74) is 5.03. The van der Waals surface area contributed by atoms with Crippen molar-refractivity contribution in [3.05, 3.63) is 57.3 Å². The highest BCUT2D eigenvalue weighted by Gasteiger charge is 2.39. The van der Waals surface area contributed by atoms with Crippen LogP contribution in [0.2, 0.25) is 5.02 Å². The Morgan fingerprint density at radius 3 is 2.68 bits per heavy atom. The van der Waals surface area contributed by atoms with Gasteiger partial charge in [0.1, 0.15) is 0 Å². The van der Waals surface area contributed by atoms with Crippen LogP contribution in [0.4, 0.5) is 5.69 Å². The molecule has 0 aliphatic carbocycles. The molecule has 0 amide bonds. The van der Waals surface area contributed by atoms with Gasteiger partial charge in [0.25, 0.3) is 5.56 Å². The normalized spacial score (nSPS) is 21.4. The van der Waals surface area contributed by atoms with Gasteiger partial charge in [-0.15, -0.1) is 11.8 Å². The highest BCUT2D eigenvalue weighted by Crippen LogP contribution is 2.39. The van der Waals surface area contributed by atoms with Crippen LogP contribution in [-0.2, 0) is 5.72 Å². The Hall–Kier alpha value is -1.43. The summed E-state index contributed by atoms with van der Waals surface area (Å²) in [6.07, 6.45) is 0. The fourth-order valence-electron chi connectivity index (χ4n) is 2.20. The zero-order valence-corrected chi connectivity index (χ0v) is 11.4. The first-order valence-electron chi connectivity index (χ1n) is 5.65. The first kappa shape index (κ1) is 12.6. The van der Waals surface area contributed by atoms with Crippen LogP contribution >= 0.6 is 23.4 Å². The van der Waals surface area contributed by atoms with Crippen LogP contribution in [0.15, 0.2) is 46.2 Å². The summed E-state index contributed by atoms with van der Waals surface area (Å²) in [5.74, 6) is 0.368. The number of thioether (sulfide) groups is 1. The lowest BCUT2D eigenvalue weighted by Crippen LogP contribution is -2.41. The van der Waals surface area contributed by atoms with Gasteiger partial charge in [0.05, 0.1) is 10.8 Å². The van der Waals surface area contributed by atoms with Crippen LogP contribution in [-0.4, -0.2) is 15.4 Å². The standard InChI is InChI=1S/C13H11ClN2O2S/c14-9-3-1-8(2-4-9)13(18)7-19-12-6-10(15)5-11(17)16(12)13/h1-6,18H,7,15H2/t13-/m0/s1. The van der Waals surface area contributed by atoms with Gasteiger partial charge in [-0.2, -0.15) is 0 Å². The number of anilines is 1. The molecular formula is C13H11ClN2O2S. The summed E-state index contributed by atoms with van der Waals surface area (Å²) in [7, 11) is 0. The maximum Gasteiger partial charge on any atom is 0.256 e. The van der Waals surface area contributed by atoms with Crippen molar-refractivity contribution < 1.29 is 5.11 Å². The molecule has 1 aromatic carbocycles. The molecule has 0 saturated carbocycles. The number of pyridine rings is 1. The molecule has 0 unspecified atom stereocenters. The van der Waals surface area contributed by atoms with Crippen LogP contribution < -0.4 is 11.3 Å². The summed E-state index contributed by atoms with van der Waals surface area (Å²) in [5, 5.41) is 12.1. The molecule has 0 bridgehead atoms. The SMILES string of the molecule is Nc1cc2n(c(=O)c1)[C@@](O)(c1ccc(Cl)cc1)CS2. The zero-order chi connectivity index (χ0) is 13.6. The van der Waals surface area contributed by atoms with E-state index in [2.05, 4.69) is 0 Å². The molecule has 1 aliphatic heterocycles. The second kappa shape index (κ2) is 4.30. The third-order valence-electron chi connectivity index (χ3n) is 3.12. The highest BCUT2D eigenvalue weighted by atomic mass is 35.5. The number of nitrogens with two attached hydrogens (primary N) is 1. The van der Waals surface area contributed by atoms with Gasteiger partial charge >= 0.3 is 0 Å². The molecule has 1 atom stereocenters. The Bertz CT molecular complexity index is 699. The summed E-state index contributed by atoms with van der Waals surface area (Å²) in [6.45, 7) is 0. The second-order valence-corrected chi connectivity index (χ2v) is 5.84. The van der Waals surface area contributed by atoms with Gasteiger partial charge in [-0.3, -0.25) is 9.36 Å². The first-order valence-corrected chi connectivity index (χ1v) is 7.01. The fourth-order valence-corrected chi connectivity index (χ4v) is 3.56. The van der Waals surface area contributed by atoms with Crippen LogP contribution in [0.1, 0.15) is 5.56 Å². The predicted octanol–water partition coefficient (Wildman–Crippen LogP) is 1.88. The quantitative estimate of drug-likeness (QED) is 0.843. The first-order chi connectivity index (χ1) is 9.00. The lowest BCUT2D eigenvalue weighted by atomic mass is 10.0. The molecule has 2 aromatic rings. The van der Waals surface area contributed by atoms with Gasteiger partial charge in [-0.05, 0) is 18.2 Å². The van der Waals surface area contributed by atoms with E-state index in [0.29, 0.717) is 27.1 Å². The molecule has 3 N–H and O–H groups in total. The van der Waals surface area contributed by atoms with Gasteiger partial charge in [0.15, 0.2) is 5.72 Å². The van der Waals surface area contributed by atoms with Crippen molar-refractivity contribution in [2.24, 2.45) is 0 Å². The molecule has 0 fully saturated rings. The third-order valence-corrected chi connectivity index (χ3v) is 4.51. The molecule has 3 rings (SSSR count). The number of fused-ring (bicyclic) bond motifs is 1. The van der Waals surface area contributed by atoms with E-state index in [9.17, 15) is 9.90 Å². The molecule has 98 valence electrons. The van der Waals surface area contributed by atoms with Gasteiger partial charge in [-0.25, -0.2) is 0 Å². The summed E-state index contributed by atoms with van der Waals surface area (Å²) in [6, 6.07) is 9.84. The summed E-state index contributed by atoms with van der Waals surface area (Å²) in [4.78, 5) is 12.1. The van der Waals surface area contributed by atoms with Crippen molar-refractivity contribution in [3.8, 4) is 0 Å². The van der Waals surface area contributed by atoms with Crippen molar-refractivity contribution in [2.75, 3.05) is 11.5 Å². The average molecular weight is 295 g/mol. The Kier molecular flexibility index (Phi) is 2.85. The molecule has 19 heavy (non-hydrogen) atoms. The minimum absolute atomic E-state index is 0.308. The van der Waals surface area contributed by atoms with E-state index in [1.54, 1.807) is 30.3 Å². The van der Waals surface area contributed by atoms with E-state index in [4.69, 9.17) is 17.3 Å². The Balaban J connectivity index is 2.20. The number of halogens is 1. The fraction of sp³-hybridized carbons (Fsp3) is 0.154. The molecule has 4 nitrogen and oxygen atoms in total. The van der Waals surface area contributed by atoms with Crippen LogP contribution in [0, 0.1) is 0 Å². The van der Waals surface area contributed by atoms with E-state index in [-0.39, 0.29) is 5.56 Å². The number of hydrogen-bond acceptors (Lipinski definition) is 4. The summed E-state index contributed by atoms with van der Waals surface area (Å²) < 4.78 is 1.37. The molecule has 6 heteroatoms. The van der Waals surface area contributed by atoms with Crippen molar-refractivity contribution >= 4 is 29.1 Å². The van der Waals surface area contributed by atoms with Crippen LogP contribution in [0.25, 0.3) is 0 Å². The molecule has 0 saturated heterocycles. The third kappa shape index (κ3) is 1.94. The number of aromatic nitrogens is 1. The van der Waals surface area contributed by atoms with E-state index >= 15 is 0 Å². The van der Waals surface area contributed by atoms with Crippen LogP contribution in [0.3, 0.4) is 0 Å². The monoisotopic (exact) mass is 294 g/mol. The Morgan fingerprint density at radius 2 is 2.00 bits per heavy atom. The maximum absolute atomic E-state index is 12.1. The minimum Gasteiger partial charge on any atom is -0.398 e. The van der Waals surface area contributed by atoms with Gasteiger partial charge in [0.2, 0.25) is 0 Å². The molecule has 0 spiro atoms. The second-order valence-electron chi connectivity index (χ2n) is 4.41. The highest BCUT2D eigenvalue weighted by molar-refractivity contribution is 7.99. The van der Waals surface area contributed by atoms with Crippen molar-refractivity contribution in [2.45, 2.75) is 10.8 Å². The Labute approximate surface area is 118 Å². The zero-order valence-electron chi connectivity index (χ0n) is 9.84. The van der Waals surface area contributed by atoms with E-state index in [0.717, 1.165) is 0 Å². The number of benzene rings is 1. The smallest absolute Gasteiger partial charge is 0.256 e. The van der Waals surface area contributed by atoms with Crippen molar-refractivity contribution in [1.82, 2.24) is 4.57 Å². The molecule has 1 aromatic heterocycles. The van der Waals surface area contributed by atoms with E-state index < -0.39 is 5.72 Å². The van der Waals surface area contributed by atoms with Crippen LogP contribution in [0.5, 0.6) is 0 Å². The molecule has 0 radical (unpaired) electrons. The maximum atomic E-state index is 12.1. The van der Waals surface area contributed by atoms with E-state index in [1.807, 2.05) is 0 Å². The number of nitrogens with zero attached hydrogens (tertiary/aromatic N) is 1.